The zero-order valence-corrected chi connectivity index (χ0v) is 17.3. The van der Waals surface area contributed by atoms with E-state index in [9.17, 15) is 14.4 Å². The van der Waals surface area contributed by atoms with Crippen LogP contribution in [-0.4, -0.2) is 66.2 Å². The van der Waals surface area contributed by atoms with Crippen LogP contribution in [0.25, 0.3) is 0 Å². The summed E-state index contributed by atoms with van der Waals surface area (Å²) in [7, 11) is 0. The molecule has 2 amide bonds. The number of esters is 1. The van der Waals surface area contributed by atoms with Gasteiger partial charge in [-0.3, -0.25) is 19.7 Å². The van der Waals surface area contributed by atoms with Crippen molar-refractivity contribution in [3.63, 3.8) is 0 Å². The quantitative estimate of drug-likeness (QED) is 0.526. The molecule has 0 saturated carbocycles. The van der Waals surface area contributed by atoms with E-state index >= 15 is 0 Å². The SMILES string of the molecule is O=C(C[C@H]1C(=O)NCCN1C(=S)NC(=O)c1ccccc1Cl)OC[C@@H]1CCCO1. The number of hydrogen-bond acceptors (Lipinski definition) is 6. The Hall–Kier alpha value is -2.23. The van der Waals surface area contributed by atoms with E-state index in [1.807, 2.05) is 0 Å². The monoisotopic (exact) mass is 439 g/mol. The van der Waals surface area contributed by atoms with Crippen molar-refractivity contribution in [2.24, 2.45) is 0 Å². The lowest BCUT2D eigenvalue weighted by molar-refractivity contribution is -0.150. The molecule has 8 nitrogen and oxygen atoms in total. The van der Waals surface area contributed by atoms with E-state index < -0.39 is 17.9 Å². The highest BCUT2D eigenvalue weighted by Crippen LogP contribution is 2.16. The van der Waals surface area contributed by atoms with E-state index in [2.05, 4.69) is 10.6 Å². The van der Waals surface area contributed by atoms with Gasteiger partial charge in [-0.2, -0.15) is 0 Å². The molecular formula is C19H22ClN3O5S. The second kappa shape index (κ2) is 10.00. The number of piperazine rings is 1. The normalized spacial score (nSPS) is 21.4. The van der Waals surface area contributed by atoms with Crippen molar-refractivity contribution in [3.8, 4) is 0 Å². The molecule has 0 unspecified atom stereocenters. The van der Waals surface area contributed by atoms with Gasteiger partial charge in [-0.25, -0.2) is 0 Å². The summed E-state index contributed by atoms with van der Waals surface area (Å²) in [6.45, 7) is 1.54. The van der Waals surface area contributed by atoms with E-state index in [1.165, 1.54) is 4.90 Å². The molecule has 2 saturated heterocycles. The third-order valence-corrected chi connectivity index (χ3v) is 5.41. The lowest BCUT2D eigenvalue weighted by Gasteiger charge is -2.36. The average Bonchev–Trinajstić information content (AvgIpc) is 3.22. The Labute approximate surface area is 178 Å². The Morgan fingerprint density at radius 2 is 2.17 bits per heavy atom. The van der Waals surface area contributed by atoms with E-state index in [4.69, 9.17) is 33.3 Å². The summed E-state index contributed by atoms with van der Waals surface area (Å²) in [5.41, 5.74) is 0.269. The molecule has 0 spiro atoms. The van der Waals surface area contributed by atoms with Crippen LogP contribution in [0.4, 0.5) is 0 Å². The van der Waals surface area contributed by atoms with Gasteiger partial charge in [-0.05, 0) is 37.2 Å². The van der Waals surface area contributed by atoms with Gasteiger partial charge in [-0.15, -0.1) is 0 Å². The molecule has 3 rings (SSSR count). The first kappa shape index (κ1) is 21.5. The van der Waals surface area contributed by atoms with Gasteiger partial charge < -0.3 is 19.7 Å². The standard InChI is InChI=1S/C19H22ClN3O5S/c20-14-6-2-1-5-13(14)17(25)22-19(29)23-8-7-21-18(26)15(23)10-16(24)28-11-12-4-3-9-27-12/h1-2,5-6,12,15H,3-4,7-11H2,(H,21,26)(H,22,25,29)/t12-,15-/m0/s1. The molecule has 2 aliphatic heterocycles. The van der Waals surface area contributed by atoms with Crippen LogP contribution in [0.1, 0.15) is 29.6 Å². The maximum absolute atomic E-state index is 12.5. The number of rotatable bonds is 5. The molecule has 0 aromatic heterocycles. The summed E-state index contributed by atoms with van der Waals surface area (Å²) in [4.78, 5) is 38.6. The highest BCUT2D eigenvalue weighted by Gasteiger charge is 2.34. The third-order valence-electron chi connectivity index (χ3n) is 4.74. The number of thiocarbonyl (C=S) groups is 1. The Kier molecular flexibility index (Phi) is 7.40. The first-order chi connectivity index (χ1) is 14.0. The zero-order valence-electron chi connectivity index (χ0n) is 15.7. The van der Waals surface area contributed by atoms with Crippen molar-refractivity contribution < 1.29 is 23.9 Å². The molecule has 29 heavy (non-hydrogen) atoms. The third kappa shape index (κ3) is 5.65. The molecule has 0 radical (unpaired) electrons. The molecule has 0 aliphatic carbocycles. The Balaban J connectivity index is 1.60. The summed E-state index contributed by atoms with van der Waals surface area (Å²) in [6, 6.07) is 5.71. The van der Waals surface area contributed by atoms with Gasteiger partial charge in [-0.1, -0.05) is 23.7 Å². The number of carbonyl (C=O) groups excluding carboxylic acids is 3. The fourth-order valence-corrected chi connectivity index (χ4v) is 3.75. The largest absolute Gasteiger partial charge is 0.463 e. The van der Waals surface area contributed by atoms with Crippen molar-refractivity contribution in [2.45, 2.75) is 31.4 Å². The number of amides is 2. The topological polar surface area (TPSA) is 97.0 Å². The molecule has 2 heterocycles. The lowest BCUT2D eigenvalue weighted by atomic mass is 10.1. The number of nitrogens with one attached hydrogen (secondary N) is 2. The number of benzene rings is 1. The van der Waals surface area contributed by atoms with Crippen LogP contribution >= 0.6 is 23.8 Å². The van der Waals surface area contributed by atoms with Gasteiger partial charge in [0.1, 0.15) is 12.6 Å². The van der Waals surface area contributed by atoms with Crippen LogP contribution in [0.2, 0.25) is 5.02 Å². The van der Waals surface area contributed by atoms with Gasteiger partial charge in [0.2, 0.25) is 5.91 Å². The number of halogens is 1. The molecule has 2 N–H and O–H groups in total. The summed E-state index contributed by atoms with van der Waals surface area (Å²) in [5, 5.41) is 5.64. The summed E-state index contributed by atoms with van der Waals surface area (Å²) in [6.07, 6.45) is 1.52. The molecule has 2 fully saturated rings. The second-order valence-corrected chi connectivity index (χ2v) is 7.56. The summed E-state index contributed by atoms with van der Waals surface area (Å²) >= 11 is 11.4. The second-order valence-electron chi connectivity index (χ2n) is 6.76. The minimum Gasteiger partial charge on any atom is -0.463 e. The predicted octanol–water partition coefficient (Wildman–Crippen LogP) is 1.27. The highest BCUT2D eigenvalue weighted by molar-refractivity contribution is 7.80. The van der Waals surface area contributed by atoms with Crippen molar-refractivity contribution in [1.29, 1.82) is 0 Å². The average molecular weight is 440 g/mol. The van der Waals surface area contributed by atoms with Gasteiger partial charge >= 0.3 is 5.97 Å². The number of hydrogen-bond donors (Lipinski definition) is 2. The fourth-order valence-electron chi connectivity index (χ4n) is 3.22. The van der Waals surface area contributed by atoms with E-state index in [1.54, 1.807) is 24.3 Å². The van der Waals surface area contributed by atoms with Crippen LogP contribution in [0, 0.1) is 0 Å². The highest BCUT2D eigenvalue weighted by atomic mass is 35.5. The minimum atomic E-state index is -0.861. The van der Waals surface area contributed by atoms with E-state index in [0.29, 0.717) is 24.7 Å². The number of nitrogens with zero attached hydrogens (tertiary/aromatic N) is 1. The molecule has 1 aromatic rings. The van der Waals surface area contributed by atoms with E-state index in [0.717, 1.165) is 12.8 Å². The van der Waals surface area contributed by atoms with Gasteiger partial charge in [0, 0.05) is 19.7 Å². The fraction of sp³-hybridized carbons (Fsp3) is 0.474. The van der Waals surface area contributed by atoms with Crippen LogP contribution in [0.3, 0.4) is 0 Å². The van der Waals surface area contributed by atoms with Crippen molar-refractivity contribution >= 4 is 46.7 Å². The lowest BCUT2D eigenvalue weighted by Crippen LogP contribution is -2.60. The molecular weight excluding hydrogens is 418 g/mol. The van der Waals surface area contributed by atoms with Crippen molar-refractivity contribution in [2.75, 3.05) is 26.3 Å². The number of ether oxygens (including phenoxy) is 2. The Morgan fingerprint density at radius 3 is 2.90 bits per heavy atom. The molecule has 156 valence electrons. The molecule has 1 aromatic carbocycles. The van der Waals surface area contributed by atoms with Gasteiger partial charge in [0.05, 0.1) is 23.1 Å². The van der Waals surface area contributed by atoms with Crippen molar-refractivity contribution in [3.05, 3.63) is 34.9 Å². The summed E-state index contributed by atoms with van der Waals surface area (Å²) in [5.74, 6) is -1.35. The van der Waals surface area contributed by atoms with Crippen LogP contribution in [0.15, 0.2) is 24.3 Å². The Morgan fingerprint density at radius 1 is 1.38 bits per heavy atom. The first-order valence-corrected chi connectivity index (χ1v) is 10.2. The molecule has 2 atom stereocenters. The minimum absolute atomic E-state index is 0.0571. The first-order valence-electron chi connectivity index (χ1n) is 9.37. The maximum Gasteiger partial charge on any atom is 0.308 e. The van der Waals surface area contributed by atoms with Crippen molar-refractivity contribution in [1.82, 2.24) is 15.5 Å². The summed E-state index contributed by atoms with van der Waals surface area (Å²) < 4.78 is 10.7. The smallest absolute Gasteiger partial charge is 0.308 e. The zero-order chi connectivity index (χ0) is 20.8. The molecule has 10 heteroatoms. The van der Waals surface area contributed by atoms with Crippen LogP contribution in [-0.2, 0) is 19.1 Å². The molecule has 2 aliphatic rings. The van der Waals surface area contributed by atoms with Gasteiger partial charge in [0.15, 0.2) is 5.11 Å². The van der Waals surface area contributed by atoms with Crippen LogP contribution < -0.4 is 10.6 Å². The Bertz CT molecular complexity index is 800. The van der Waals surface area contributed by atoms with Crippen LogP contribution in [0.5, 0.6) is 0 Å². The number of carbonyl (C=O) groups is 3. The molecule has 0 bridgehead atoms. The predicted molar refractivity (Wildman–Crippen MR) is 110 cm³/mol. The van der Waals surface area contributed by atoms with Gasteiger partial charge in [0.25, 0.3) is 5.91 Å². The van der Waals surface area contributed by atoms with E-state index in [-0.39, 0.29) is 35.7 Å². The maximum atomic E-state index is 12.5.